The minimum Gasteiger partial charge on any atom is -0.495 e. The quantitative estimate of drug-likeness (QED) is 0.917. The van der Waals surface area contributed by atoms with Gasteiger partial charge in [-0.3, -0.25) is 0 Å². The van der Waals surface area contributed by atoms with Crippen molar-refractivity contribution in [3.8, 4) is 5.75 Å². The molecule has 2 aromatic rings. The number of aliphatic hydroxyl groups excluding tert-OH is 1. The highest BCUT2D eigenvalue weighted by molar-refractivity contribution is 9.10. The molecule has 1 aliphatic carbocycles. The van der Waals surface area contributed by atoms with Crippen molar-refractivity contribution in [3.05, 3.63) is 22.4 Å². The Kier molecular flexibility index (Phi) is 4.22. The minimum absolute atomic E-state index is 0.319. The van der Waals surface area contributed by atoms with Gasteiger partial charge < -0.3 is 14.4 Å². The summed E-state index contributed by atoms with van der Waals surface area (Å²) in [7, 11) is 3.76. The number of methoxy groups -OCH3 is 1. The van der Waals surface area contributed by atoms with Crippen molar-refractivity contribution in [2.45, 2.75) is 31.6 Å². The number of halogens is 1. The Morgan fingerprint density at radius 2 is 2.05 bits per heavy atom. The van der Waals surface area contributed by atoms with Crippen LogP contribution in [0.4, 0.5) is 0 Å². The first-order chi connectivity index (χ1) is 10.1. The Hall–Kier alpha value is -1.07. The molecule has 0 saturated heterocycles. The fourth-order valence-corrected chi connectivity index (χ4v) is 3.83. The average molecular weight is 353 g/mol. The van der Waals surface area contributed by atoms with Gasteiger partial charge in [-0.2, -0.15) is 0 Å². The number of fused-ring (bicyclic) bond motifs is 1. The van der Waals surface area contributed by atoms with Gasteiger partial charge in [-0.1, -0.05) is 0 Å². The molecule has 1 N–H and O–H groups in total. The van der Waals surface area contributed by atoms with Crippen LogP contribution >= 0.6 is 15.9 Å². The van der Waals surface area contributed by atoms with Crippen molar-refractivity contribution >= 4 is 27.0 Å². The van der Waals surface area contributed by atoms with Crippen LogP contribution in [-0.4, -0.2) is 28.4 Å². The fraction of sp³-hybridized carbons (Fsp3) is 0.562. The molecule has 0 radical (unpaired) electrons. The largest absolute Gasteiger partial charge is 0.495 e. The van der Waals surface area contributed by atoms with E-state index in [9.17, 15) is 5.11 Å². The van der Waals surface area contributed by atoms with E-state index in [0.717, 1.165) is 52.8 Å². The molecule has 4 nitrogen and oxygen atoms in total. The zero-order valence-corrected chi connectivity index (χ0v) is 14.1. The van der Waals surface area contributed by atoms with Crippen LogP contribution < -0.4 is 4.74 Å². The van der Waals surface area contributed by atoms with Crippen molar-refractivity contribution in [2.24, 2.45) is 13.0 Å². The predicted octanol–water partition coefficient (Wildman–Crippen LogP) is 3.61. The van der Waals surface area contributed by atoms with Crippen molar-refractivity contribution in [2.75, 3.05) is 13.7 Å². The molecule has 1 saturated carbocycles. The monoisotopic (exact) mass is 352 g/mol. The summed E-state index contributed by atoms with van der Waals surface area (Å²) in [4.78, 5) is 4.84. The van der Waals surface area contributed by atoms with Crippen molar-refractivity contribution < 1.29 is 9.84 Å². The fourth-order valence-electron chi connectivity index (χ4n) is 3.34. The van der Waals surface area contributed by atoms with E-state index < -0.39 is 0 Å². The van der Waals surface area contributed by atoms with E-state index in [1.54, 1.807) is 7.11 Å². The maximum atomic E-state index is 9.27. The zero-order chi connectivity index (χ0) is 15.0. The third-order valence-electron chi connectivity index (χ3n) is 4.66. The summed E-state index contributed by atoms with van der Waals surface area (Å²) in [5.74, 6) is 2.94. The van der Waals surface area contributed by atoms with Gasteiger partial charge in [0, 0.05) is 25.6 Å². The second-order valence-electron chi connectivity index (χ2n) is 5.90. The molecule has 0 atom stereocenters. The number of imidazole rings is 1. The Bertz CT molecular complexity index is 645. The summed E-state index contributed by atoms with van der Waals surface area (Å²) in [5, 5.41) is 9.27. The van der Waals surface area contributed by atoms with Crippen LogP contribution in [0.2, 0.25) is 0 Å². The molecule has 5 heteroatoms. The molecule has 114 valence electrons. The molecule has 0 aliphatic heterocycles. The number of rotatable bonds is 3. The summed E-state index contributed by atoms with van der Waals surface area (Å²) in [6.07, 6.45) is 4.41. The van der Waals surface area contributed by atoms with E-state index in [2.05, 4.69) is 33.6 Å². The lowest BCUT2D eigenvalue weighted by atomic mass is 9.82. The maximum absolute atomic E-state index is 9.27. The summed E-state index contributed by atoms with van der Waals surface area (Å²) in [5.41, 5.74) is 2.11. The molecule has 1 aliphatic rings. The number of nitrogens with zero attached hydrogens (tertiary/aromatic N) is 2. The minimum atomic E-state index is 0.319. The van der Waals surface area contributed by atoms with Gasteiger partial charge in [-0.05, 0) is 53.6 Å². The van der Waals surface area contributed by atoms with Crippen molar-refractivity contribution in [1.82, 2.24) is 9.55 Å². The Morgan fingerprint density at radius 3 is 2.67 bits per heavy atom. The van der Waals surface area contributed by atoms with Crippen LogP contribution in [0.3, 0.4) is 0 Å². The highest BCUT2D eigenvalue weighted by atomic mass is 79.9. The first-order valence-corrected chi connectivity index (χ1v) is 8.24. The summed E-state index contributed by atoms with van der Waals surface area (Å²) in [6, 6.07) is 4.06. The standard InChI is InChI=1S/C16H21BrN2O2/c1-19-14-7-12(17)15(21-2)8-13(14)18-16(19)11-5-3-10(9-20)4-6-11/h7-8,10-11,20H,3-6,9H2,1-2H3. The molecule has 0 spiro atoms. The molecule has 0 amide bonds. The number of hydrogen-bond donors (Lipinski definition) is 1. The molecular weight excluding hydrogens is 332 g/mol. The van der Waals surface area contributed by atoms with E-state index in [-0.39, 0.29) is 0 Å². The number of hydrogen-bond acceptors (Lipinski definition) is 3. The molecule has 1 fully saturated rings. The summed E-state index contributed by atoms with van der Waals surface area (Å²) < 4.78 is 8.50. The van der Waals surface area contributed by atoms with Gasteiger partial charge in [0.15, 0.2) is 0 Å². The molecular formula is C16H21BrN2O2. The molecule has 0 bridgehead atoms. The number of benzene rings is 1. The molecule has 1 aromatic carbocycles. The van der Waals surface area contributed by atoms with Gasteiger partial charge in [0.1, 0.15) is 11.6 Å². The Labute approximate surface area is 133 Å². The number of aryl methyl sites for hydroxylation is 1. The van der Waals surface area contributed by atoms with E-state index in [0.29, 0.717) is 18.4 Å². The maximum Gasteiger partial charge on any atom is 0.135 e. The molecule has 21 heavy (non-hydrogen) atoms. The number of aromatic nitrogens is 2. The smallest absolute Gasteiger partial charge is 0.135 e. The van der Waals surface area contributed by atoms with Crippen LogP contribution in [0.15, 0.2) is 16.6 Å². The van der Waals surface area contributed by atoms with Crippen LogP contribution in [-0.2, 0) is 7.05 Å². The lowest BCUT2D eigenvalue weighted by Crippen LogP contribution is -2.18. The van der Waals surface area contributed by atoms with Gasteiger partial charge in [-0.25, -0.2) is 4.98 Å². The lowest BCUT2D eigenvalue weighted by Gasteiger charge is -2.26. The first kappa shape index (κ1) is 14.9. The number of ether oxygens (including phenoxy) is 1. The zero-order valence-electron chi connectivity index (χ0n) is 12.5. The molecule has 3 rings (SSSR count). The average Bonchev–Trinajstić information content (AvgIpc) is 2.83. The SMILES string of the molecule is COc1cc2nc(C3CCC(CO)CC3)n(C)c2cc1Br. The van der Waals surface area contributed by atoms with Crippen molar-refractivity contribution in [1.29, 1.82) is 0 Å². The highest BCUT2D eigenvalue weighted by Gasteiger charge is 2.25. The molecule has 0 unspecified atom stereocenters. The van der Waals surface area contributed by atoms with Crippen LogP contribution in [0.5, 0.6) is 5.75 Å². The second kappa shape index (κ2) is 5.97. The molecule has 1 heterocycles. The first-order valence-electron chi connectivity index (χ1n) is 7.44. The van der Waals surface area contributed by atoms with Crippen LogP contribution in [0.25, 0.3) is 11.0 Å². The van der Waals surface area contributed by atoms with Crippen LogP contribution in [0, 0.1) is 5.92 Å². The third kappa shape index (κ3) is 2.69. The van der Waals surface area contributed by atoms with E-state index >= 15 is 0 Å². The van der Waals surface area contributed by atoms with Gasteiger partial charge >= 0.3 is 0 Å². The van der Waals surface area contributed by atoms with Gasteiger partial charge in [0.2, 0.25) is 0 Å². The predicted molar refractivity (Wildman–Crippen MR) is 86.8 cm³/mol. The van der Waals surface area contributed by atoms with Crippen molar-refractivity contribution in [3.63, 3.8) is 0 Å². The van der Waals surface area contributed by atoms with E-state index in [1.165, 1.54) is 0 Å². The highest BCUT2D eigenvalue weighted by Crippen LogP contribution is 2.37. The summed E-state index contributed by atoms with van der Waals surface area (Å²) >= 11 is 3.54. The molecule has 1 aromatic heterocycles. The third-order valence-corrected chi connectivity index (χ3v) is 5.28. The van der Waals surface area contributed by atoms with Crippen LogP contribution in [0.1, 0.15) is 37.4 Å². The summed E-state index contributed by atoms with van der Waals surface area (Å²) in [6.45, 7) is 0.319. The second-order valence-corrected chi connectivity index (χ2v) is 6.76. The van der Waals surface area contributed by atoms with E-state index in [4.69, 9.17) is 9.72 Å². The van der Waals surface area contributed by atoms with E-state index in [1.807, 2.05) is 6.07 Å². The topological polar surface area (TPSA) is 47.3 Å². The number of aliphatic hydroxyl groups is 1. The van der Waals surface area contributed by atoms with Gasteiger partial charge in [0.05, 0.1) is 22.6 Å². The van der Waals surface area contributed by atoms with Gasteiger partial charge in [0.25, 0.3) is 0 Å². The van der Waals surface area contributed by atoms with Gasteiger partial charge in [-0.15, -0.1) is 0 Å². The lowest BCUT2D eigenvalue weighted by molar-refractivity contribution is 0.180. The normalized spacial score (nSPS) is 22.7. The Morgan fingerprint density at radius 1 is 1.33 bits per heavy atom. The Balaban J connectivity index is 1.95.